The summed E-state index contributed by atoms with van der Waals surface area (Å²) in [5, 5.41) is 17.4. The highest BCUT2D eigenvalue weighted by atomic mass is 79.9. The van der Waals surface area contributed by atoms with E-state index in [2.05, 4.69) is 62.0 Å². The summed E-state index contributed by atoms with van der Waals surface area (Å²) >= 11 is 3.60. The summed E-state index contributed by atoms with van der Waals surface area (Å²) in [5.74, 6) is 0.956. The van der Waals surface area contributed by atoms with Gasteiger partial charge in [0.05, 0.1) is 25.4 Å². The van der Waals surface area contributed by atoms with Crippen LogP contribution in [0.2, 0.25) is 0 Å². The summed E-state index contributed by atoms with van der Waals surface area (Å²) in [4.78, 5) is 48.3. The van der Waals surface area contributed by atoms with Gasteiger partial charge >= 0.3 is 7.12 Å². The Hall–Kier alpha value is -5.88. The molecule has 14 nitrogen and oxygen atoms in total. The topological polar surface area (TPSA) is 185 Å². The minimum atomic E-state index is -1.49. The molecule has 12 rings (SSSR count). The molecular weight excluding hydrogens is 947 g/mol. The van der Waals surface area contributed by atoms with Crippen molar-refractivity contribution in [3.63, 3.8) is 0 Å². The Labute approximate surface area is 418 Å². The van der Waals surface area contributed by atoms with Crippen LogP contribution in [-0.2, 0) is 43.0 Å². The normalized spacial score (nSPS) is 29.2. The van der Waals surface area contributed by atoms with Gasteiger partial charge in [0.1, 0.15) is 0 Å². The van der Waals surface area contributed by atoms with Crippen LogP contribution in [0.3, 0.4) is 0 Å². The molecule has 0 aromatic heterocycles. The number of nitrogens with zero attached hydrogens (tertiary/aromatic N) is 6. The van der Waals surface area contributed by atoms with Crippen LogP contribution in [0.5, 0.6) is 0 Å². The standard InChI is InChI=1S/C27H28N4O2.C20H24BrN3O2.C7H6BNO2/c1-29-20-5-3-4-17(14-20)18-6-7-19-16-26(12-10-22(33-2)11-13-26)27(23(19)15-18)24(32)31(21-8-9-21)25(28)30-27;1-26-15-6-8-19(9-7-15)11-12-2-3-13(21)10-16(12)20(19)17(25)24(14-4-5-14)18(22)23-20;1-9-7-4-2-3-6(5-7)8(10)11/h3-7,14-15,21-22H,8-13,16H2,2H3,(H2,28,30);2-3,10,14-15H,4-9,11H2,1H3,(H2,22,23);2-5,10-11H. The summed E-state index contributed by atoms with van der Waals surface area (Å²) in [5.41, 5.74) is 18.4. The molecule has 6 aliphatic carbocycles. The number of amides is 2. The van der Waals surface area contributed by atoms with Crippen molar-refractivity contribution < 1.29 is 29.1 Å². The van der Waals surface area contributed by atoms with Crippen molar-refractivity contribution >= 4 is 63.6 Å². The Kier molecular flexibility index (Phi) is 12.5. The lowest BCUT2D eigenvalue weighted by molar-refractivity contribution is -0.139. The fourth-order valence-electron chi connectivity index (χ4n) is 12.7. The lowest BCUT2D eigenvalue weighted by Gasteiger charge is -2.45. The third-order valence-electron chi connectivity index (χ3n) is 16.5. The minimum Gasteiger partial charge on any atom is -0.423 e. The van der Waals surface area contributed by atoms with E-state index in [0.717, 1.165) is 117 Å². The van der Waals surface area contributed by atoms with Gasteiger partial charge in [-0.2, -0.15) is 0 Å². The van der Waals surface area contributed by atoms with E-state index >= 15 is 0 Å². The summed E-state index contributed by atoms with van der Waals surface area (Å²) in [7, 11) is 2.07. The van der Waals surface area contributed by atoms with Gasteiger partial charge in [0.25, 0.3) is 11.8 Å². The average Bonchev–Trinajstić information content (AvgIpc) is 4.32. The van der Waals surface area contributed by atoms with Crippen molar-refractivity contribution in [1.29, 1.82) is 0 Å². The van der Waals surface area contributed by atoms with Crippen LogP contribution < -0.4 is 16.9 Å². The van der Waals surface area contributed by atoms with Crippen LogP contribution in [0.4, 0.5) is 11.4 Å². The number of rotatable bonds is 6. The quantitative estimate of drug-likeness (QED) is 0.113. The predicted molar refractivity (Wildman–Crippen MR) is 272 cm³/mol. The monoisotopic (exact) mass is 1000 g/mol. The number of guanidine groups is 2. The zero-order valence-electron chi connectivity index (χ0n) is 39.6. The second-order valence-corrected chi connectivity index (χ2v) is 21.3. The van der Waals surface area contributed by atoms with Gasteiger partial charge in [-0.25, -0.2) is 19.7 Å². The van der Waals surface area contributed by atoms with Gasteiger partial charge in [0.15, 0.2) is 34.4 Å². The molecule has 0 radical (unpaired) electrons. The SMILES string of the molecule is COC1CCC2(CC1)Cc1ccc(Br)cc1C21N=C(N)N(C2CC2)C1=O.[C-]#[N+]c1cccc(-c2ccc3c(c2)C2(N=C(N)N(C4CC4)C2=O)C2(CCC(OC)CC2)C3)c1.[C-]#[N+]c1cccc(B(O)O)c1. The lowest BCUT2D eigenvalue weighted by Crippen LogP contribution is -2.52. The number of benzene rings is 4. The molecule has 0 bridgehead atoms. The van der Waals surface area contributed by atoms with Crippen molar-refractivity contribution in [2.75, 3.05) is 14.2 Å². The summed E-state index contributed by atoms with van der Waals surface area (Å²) in [6.07, 6.45) is 13.8. The Morgan fingerprint density at radius 2 is 1.10 bits per heavy atom. The number of hydrogen-bond acceptors (Lipinski definition) is 10. The van der Waals surface area contributed by atoms with Crippen LogP contribution in [0.15, 0.2) is 99.4 Å². The van der Waals surface area contributed by atoms with Crippen LogP contribution in [-0.4, -0.2) is 89.2 Å². The predicted octanol–water partition coefficient (Wildman–Crippen LogP) is 7.56. The zero-order valence-corrected chi connectivity index (χ0v) is 41.2. The second kappa shape index (κ2) is 18.4. The van der Waals surface area contributed by atoms with Crippen molar-refractivity contribution in [2.45, 2.75) is 125 Å². The highest BCUT2D eigenvalue weighted by Crippen LogP contribution is 2.64. The van der Waals surface area contributed by atoms with E-state index in [1.54, 1.807) is 42.2 Å². The Bertz CT molecular complexity index is 2890. The molecule has 6 N–H and O–H groups in total. The molecule has 16 heteroatoms. The maximum absolute atomic E-state index is 14.2. The van der Waals surface area contributed by atoms with Crippen molar-refractivity contribution in [3.05, 3.63) is 134 Å². The molecule has 4 spiro atoms. The van der Waals surface area contributed by atoms with Crippen LogP contribution in [0, 0.1) is 24.0 Å². The molecule has 70 heavy (non-hydrogen) atoms. The van der Waals surface area contributed by atoms with E-state index in [1.165, 1.54) is 17.2 Å². The van der Waals surface area contributed by atoms with Gasteiger partial charge in [-0.1, -0.05) is 76.6 Å². The number of nitrogens with two attached hydrogens (primary N) is 2. The maximum Gasteiger partial charge on any atom is 0.487 e. The van der Waals surface area contributed by atoms with E-state index in [1.807, 2.05) is 24.3 Å². The van der Waals surface area contributed by atoms with Crippen LogP contribution >= 0.6 is 15.9 Å². The van der Waals surface area contributed by atoms with Gasteiger partial charge < -0.3 is 31.0 Å². The van der Waals surface area contributed by atoms with Crippen molar-refractivity contribution in [1.82, 2.24) is 9.80 Å². The third kappa shape index (κ3) is 7.83. The fraction of sp³-hybridized carbons (Fsp3) is 0.444. The first-order valence-electron chi connectivity index (χ1n) is 24.4. The number of halogens is 1. The Morgan fingerprint density at radius 1 is 0.643 bits per heavy atom. The first-order valence-corrected chi connectivity index (χ1v) is 25.2. The number of ether oxygens (including phenoxy) is 2. The second-order valence-electron chi connectivity index (χ2n) is 20.4. The lowest BCUT2D eigenvalue weighted by atomic mass is 9.61. The van der Waals surface area contributed by atoms with Gasteiger partial charge in [-0.15, -0.1) is 0 Å². The Morgan fingerprint density at radius 3 is 1.57 bits per heavy atom. The van der Waals surface area contributed by atoms with E-state index < -0.39 is 18.2 Å². The molecule has 2 unspecified atom stereocenters. The molecule has 2 amide bonds. The molecule has 8 aliphatic rings. The van der Waals surface area contributed by atoms with Crippen LogP contribution in [0.1, 0.15) is 99.3 Å². The number of carbonyl (C=O) groups excluding carboxylic acids is 2. The molecule has 0 saturated heterocycles. The largest absolute Gasteiger partial charge is 0.487 e. The molecule has 2 heterocycles. The fourth-order valence-corrected chi connectivity index (χ4v) is 13.1. The Balaban J connectivity index is 0.000000136. The molecule has 4 saturated carbocycles. The number of fused-ring (bicyclic) bond motifs is 6. The summed E-state index contributed by atoms with van der Waals surface area (Å²) < 4.78 is 12.2. The minimum absolute atomic E-state index is 0.0594. The number of methoxy groups -OCH3 is 2. The van der Waals surface area contributed by atoms with Crippen molar-refractivity contribution in [2.24, 2.45) is 32.3 Å². The zero-order chi connectivity index (χ0) is 49.2. The molecular formula is C54H58BBrN8O6. The van der Waals surface area contributed by atoms with Gasteiger partial charge in [-0.3, -0.25) is 19.4 Å². The molecule has 4 fully saturated rings. The van der Waals surface area contributed by atoms with E-state index in [-0.39, 0.29) is 46.9 Å². The first-order chi connectivity index (χ1) is 33.8. The summed E-state index contributed by atoms with van der Waals surface area (Å²) in [6.45, 7) is 14.0. The first kappa shape index (κ1) is 47.8. The molecule has 2 aliphatic heterocycles. The summed E-state index contributed by atoms with van der Waals surface area (Å²) in [6, 6.07) is 27.0. The highest BCUT2D eigenvalue weighted by Gasteiger charge is 2.69. The molecule has 4 aromatic rings. The molecule has 360 valence electrons. The number of carbonyl (C=O) groups is 2. The molecule has 4 aromatic carbocycles. The van der Waals surface area contributed by atoms with Gasteiger partial charge in [-0.05, 0) is 153 Å². The average molecular weight is 1010 g/mol. The van der Waals surface area contributed by atoms with Crippen molar-refractivity contribution in [3.8, 4) is 11.1 Å². The van der Waals surface area contributed by atoms with E-state index in [4.69, 9.17) is 54.1 Å². The van der Waals surface area contributed by atoms with Crippen LogP contribution in [0.25, 0.3) is 20.8 Å². The maximum atomic E-state index is 14.2. The molecule has 2 atom stereocenters. The number of hydrogen-bond donors (Lipinski definition) is 4. The third-order valence-corrected chi connectivity index (χ3v) is 17.0. The number of aliphatic imine (C=N–C) groups is 2. The highest BCUT2D eigenvalue weighted by molar-refractivity contribution is 9.10. The van der Waals surface area contributed by atoms with E-state index in [9.17, 15) is 9.59 Å². The van der Waals surface area contributed by atoms with Gasteiger partial charge in [0, 0.05) is 41.6 Å². The van der Waals surface area contributed by atoms with Gasteiger partial charge in [0.2, 0.25) is 0 Å². The van der Waals surface area contributed by atoms with E-state index in [0.29, 0.717) is 28.8 Å². The smallest absolute Gasteiger partial charge is 0.423 e.